The molecule has 6 heteroatoms. The zero-order chi connectivity index (χ0) is 14.1. The van der Waals surface area contributed by atoms with Gasteiger partial charge in [0, 0.05) is 0 Å². The minimum Gasteiger partial charge on any atom is -0.470 e. The summed E-state index contributed by atoms with van der Waals surface area (Å²) in [6.45, 7) is 2.81. The fraction of sp³-hybridized carbons (Fsp3) is 0.692. The summed E-state index contributed by atoms with van der Waals surface area (Å²) in [6, 6.07) is 0. The van der Waals surface area contributed by atoms with Gasteiger partial charge < -0.3 is 9.47 Å². The van der Waals surface area contributed by atoms with Gasteiger partial charge in [0.2, 0.25) is 0 Å². The lowest BCUT2D eigenvalue weighted by Crippen LogP contribution is -1.98. The van der Waals surface area contributed by atoms with Crippen LogP contribution < -0.4 is 4.74 Å². The highest BCUT2D eigenvalue weighted by atomic mass is 35.5. The van der Waals surface area contributed by atoms with Crippen molar-refractivity contribution < 1.29 is 14.3 Å². The number of aromatic nitrogens is 1. The molecule has 0 aromatic carbocycles. The summed E-state index contributed by atoms with van der Waals surface area (Å²) >= 11 is 6.96. The molecule has 108 valence electrons. The third kappa shape index (κ3) is 5.78. The highest BCUT2D eigenvalue weighted by Crippen LogP contribution is 2.29. The lowest BCUT2D eigenvalue weighted by atomic mass is 10.1. The Morgan fingerprint density at radius 1 is 1.26 bits per heavy atom. The van der Waals surface area contributed by atoms with Crippen molar-refractivity contribution in [1.82, 2.24) is 4.98 Å². The van der Waals surface area contributed by atoms with Crippen molar-refractivity contribution in [1.29, 1.82) is 0 Å². The number of carbonyl (C=O) groups excluding carboxylic acids is 1. The lowest BCUT2D eigenvalue weighted by molar-refractivity contribution is 0.0606. The van der Waals surface area contributed by atoms with E-state index in [4.69, 9.17) is 16.3 Å². The SMILES string of the molecule is CCCCCCCCOc1nc(Cl)c(C(=O)OC)s1. The quantitative estimate of drug-likeness (QED) is 0.503. The molecule has 0 aliphatic rings. The molecule has 0 N–H and O–H groups in total. The highest BCUT2D eigenvalue weighted by Gasteiger charge is 2.17. The van der Waals surface area contributed by atoms with E-state index in [0.717, 1.165) is 24.2 Å². The number of hydrogen-bond acceptors (Lipinski definition) is 5. The Bertz CT molecular complexity index is 395. The van der Waals surface area contributed by atoms with E-state index in [1.54, 1.807) is 0 Å². The summed E-state index contributed by atoms with van der Waals surface area (Å²) in [5.41, 5.74) is 0. The molecule has 0 unspecified atom stereocenters. The minimum absolute atomic E-state index is 0.148. The molecule has 1 aromatic rings. The molecule has 0 aliphatic heterocycles. The van der Waals surface area contributed by atoms with Gasteiger partial charge in [0.1, 0.15) is 0 Å². The first-order valence-corrected chi connectivity index (χ1v) is 7.76. The van der Waals surface area contributed by atoms with E-state index in [1.807, 2.05) is 0 Å². The number of methoxy groups -OCH3 is 1. The van der Waals surface area contributed by atoms with E-state index < -0.39 is 5.97 Å². The van der Waals surface area contributed by atoms with Crippen LogP contribution in [0, 0.1) is 0 Å². The van der Waals surface area contributed by atoms with E-state index in [2.05, 4.69) is 16.6 Å². The van der Waals surface area contributed by atoms with Crippen molar-refractivity contribution in [3.8, 4) is 5.19 Å². The van der Waals surface area contributed by atoms with Crippen LogP contribution in [-0.4, -0.2) is 24.7 Å². The standard InChI is InChI=1S/C13H20ClNO3S/c1-3-4-5-6-7-8-9-18-13-15-11(14)10(19-13)12(16)17-2/h3-9H2,1-2H3. The molecule has 0 spiro atoms. The summed E-state index contributed by atoms with van der Waals surface area (Å²) in [5, 5.41) is 0.578. The monoisotopic (exact) mass is 305 g/mol. The van der Waals surface area contributed by atoms with E-state index in [0.29, 0.717) is 16.7 Å². The van der Waals surface area contributed by atoms with Gasteiger partial charge in [-0.15, -0.1) is 0 Å². The van der Waals surface area contributed by atoms with Crippen molar-refractivity contribution in [2.45, 2.75) is 45.4 Å². The number of thiazole rings is 1. The first kappa shape index (κ1) is 16.2. The van der Waals surface area contributed by atoms with Crippen LogP contribution in [0.2, 0.25) is 5.15 Å². The number of ether oxygens (including phenoxy) is 2. The summed E-state index contributed by atoms with van der Waals surface area (Å²) in [7, 11) is 1.31. The molecular formula is C13H20ClNO3S. The van der Waals surface area contributed by atoms with Crippen molar-refractivity contribution in [2.24, 2.45) is 0 Å². The zero-order valence-corrected chi connectivity index (χ0v) is 13.0. The van der Waals surface area contributed by atoms with Gasteiger partial charge in [0.25, 0.3) is 5.19 Å². The van der Waals surface area contributed by atoms with E-state index in [9.17, 15) is 4.79 Å². The summed E-state index contributed by atoms with van der Waals surface area (Å²) in [5.74, 6) is -0.475. The summed E-state index contributed by atoms with van der Waals surface area (Å²) in [6.07, 6.45) is 7.22. The average Bonchev–Trinajstić information content (AvgIpc) is 2.78. The van der Waals surface area contributed by atoms with E-state index in [1.165, 1.54) is 32.8 Å². The maximum absolute atomic E-state index is 11.3. The third-order valence-corrected chi connectivity index (χ3v) is 3.99. The predicted octanol–water partition coefficient (Wildman–Crippen LogP) is 4.32. The number of hydrogen-bond donors (Lipinski definition) is 0. The number of halogens is 1. The second kappa shape index (κ2) is 9.15. The van der Waals surface area contributed by atoms with Crippen molar-refractivity contribution in [3.05, 3.63) is 10.0 Å². The van der Waals surface area contributed by atoms with Gasteiger partial charge in [-0.2, -0.15) is 4.98 Å². The van der Waals surface area contributed by atoms with Gasteiger partial charge in [-0.3, -0.25) is 0 Å². The number of carbonyl (C=O) groups is 1. The highest BCUT2D eigenvalue weighted by molar-refractivity contribution is 7.15. The molecule has 0 saturated heterocycles. The smallest absolute Gasteiger partial charge is 0.351 e. The first-order chi connectivity index (χ1) is 9.19. The van der Waals surface area contributed by atoms with Gasteiger partial charge in [-0.25, -0.2) is 4.79 Å². The Hall–Kier alpha value is -0.810. The normalized spacial score (nSPS) is 10.5. The van der Waals surface area contributed by atoms with Crippen molar-refractivity contribution in [3.63, 3.8) is 0 Å². The molecule has 4 nitrogen and oxygen atoms in total. The molecule has 19 heavy (non-hydrogen) atoms. The van der Waals surface area contributed by atoms with Gasteiger partial charge >= 0.3 is 5.97 Å². The second-order valence-electron chi connectivity index (χ2n) is 4.21. The van der Waals surface area contributed by atoms with Crippen LogP contribution in [-0.2, 0) is 4.74 Å². The topological polar surface area (TPSA) is 48.4 Å². The summed E-state index contributed by atoms with van der Waals surface area (Å²) in [4.78, 5) is 15.6. The Morgan fingerprint density at radius 2 is 1.95 bits per heavy atom. The van der Waals surface area contributed by atoms with Crippen molar-refractivity contribution in [2.75, 3.05) is 13.7 Å². The van der Waals surface area contributed by atoms with Crippen molar-refractivity contribution >= 4 is 28.9 Å². The number of nitrogens with zero attached hydrogens (tertiary/aromatic N) is 1. The molecule has 1 rings (SSSR count). The fourth-order valence-electron chi connectivity index (χ4n) is 1.61. The predicted molar refractivity (Wildman–Crippen MR) is 77.3 cm³/mol. The van der Waals surface area contributed by atoms with Crippen LogP contribution >= 0.6 is 22.9 Å². The molecule has 1 aromatic heterocycles. The molecule has 1 heterocycles. The van der Waals surface area contributed by atoms with E-state index in [-0.39, 0.29) is 5.15 Å². The molecule has 0 bridgehead atoms. The Balaban J connectivity index is 2.25. The Labute approximate surface area is 123 Å². The maximum atomic E-state index is 11.3. The van der Waals surface area contributed by atoms with Gasteiger partial charge in [0.15, 0.2) is 10.0 Å². The van der Waals surface area contributed by atoms with Crippen LogP contribution in [0.15, 0.2) is 0 Å². The Kier molecular flexibility index (Phi) is 7.82. The van der Waals surface area contributed by atoms with E-state index >= 15 is 0 Å². The zero-order valence-electron chi connectivity index (χ0n) is 11.4. The van der Waals surface area contributed by atoms with Gasteiger partial charge in [-0.05, 0) is 6.42 Å². The number of rotatable bonds is 9. The Morgan fingerprint density at radius 3 is 2.63 bits per heavy atom. The molecule has 0 saturated carbocycles. The second-order valence-corrected chi connectivity index (χ2v) is 5.53. The van der Waals surface area contributed by atoms with Crippen LogP contribution in [0.3, 0.4) is 0 Å². The first-order valence-electron chi connectivity index (χ1n) is 6.56. The van der Waals surface area contributed by atoms with Gasteiger partial charge in [-0.1, -0.05) is 62.0 Å². The maximum Gasteiger partial charge on any atom is 0.351 e. The fourth-order valence-corrected chi connectivity index (χ4v) is 2.68. The summed E-state index contributed by atoms with van der Waals surface area (Å²) < 4.78 is 10.1. The molecule has 0 aliphatic carbocycles. The largest absolute Gasteiger partial charge is 0.470 e. The van der Waals surface area contributed by atoms with Gasteiger partial charge in [0.05, 0.1) is 13.7 Å². The number of unbranched alkanes of at least 4 members (excludes halogenated alkanes) is 5. The molecule has 0 fully saturated rings. The van der Waals surface area contributed by atoms with Crippen LogP contribution in [0.1, 0.15) is 55.1 Å². The molecular weight excluding hydrogens is 286 g/mol. The average molecular weight is 306 g/mol. The van der Waals surface area contributed by atoms with Crippen LogP contribution in [0.5, 0.6) is 5.19 Å². The number of esters is 1. The molecule has 0 radical (unpaired) electrons. The van der Waals surface area contributed by atoms with Crippen LogP contribution in [0.4, 0.5) is 0 Å². The minimum atomic E-state index is -0.475. The van der Waals surface area contributed by atoms with Crippen LogP contribution in [0.25, 0.3) is 0 Å². The third-order valence-electron chi connectivity index (χ3n) is 2.66. The molecule has 0 amide bonds. The lowest BCUT2D eigenvalue weighted by Gasteiger charge is -2.02. The molecule has 0 atom stereocenters.